The summed E-state index contributed by atoms with van der Waals surface area (Å²) in [7, 11) is 0. The summed E-state index contributed by atoms with van der Waals surface area (Å²) in [6.45, 7) is 0. The molecule has 0 fully saturated rings. The summed E-state index contributed by atoms with van der Waals surface area (Å²) in [6, 6.07) is 20.0. The minimum Gasteiger partial charge on any atom is -0.331 e. The molecule has 4 nitrogen and oxygen atoms in total. The zero-order valence-corrected chi connectivity index (χ0v) is 14.5. The van der Waals surface area contributed by atoms with Crippen LogP contribution in [-0.2, 0) is 0 Å². The Kier molecular flexibility index (Phi) is 3.80. The van der Waals surface area contributed by atoms with Crippen LogP contribution in [-0.4, -0.2) is 9.97 Å². The van der Waals surface area contributed by atoms with Crippen molar-refractivity contribution in [2.75, 3.05) is 0 Å². The van der Waals surface area contributed by atoms with Gasteiger partial charge in [0.05, 0.1) is 5.69 Å². The van der Waals surface area contributed by atoms with E-state index in [-0.39, 0.29) is 10.3 Å². The van der Waals surface area contributed by atoms with Gasteiger partial charge < -0.3 is 4.98 Å². The molecule has 2 N–H and O–H groups in total. The fraction of sp³-hybridized carbons (Fsp3) is 0. The number of thiophene rings is 1. The first-order chi connectivity index (χ1) is 12.2. The standard InChI is InChI=1S/C19H11N3OS2/c20-10-14-17(21-19(24)22-18(14)23)13-7-3-2-6-12(13)16-9-11-5-1-4-8-15(11)25-16/h1-9H,(H2,21,22,23,24). The zero-order valence-electron chi connectivity index (χ0n) is 12.9. The molecule has 0 bridgehead atoms. The number of nitrogens with one attached hydrogen (secondary N) is 2. The van der Waals surface area contributed by atoms with Crippen LogP contribution in [0.5, 0.6) is 0 Å². The molecule has 2 aromatic carbocycles. The second kappa shape index (κ2) is 6.13. The third kappa shape index (κ3) is 2.70. The second-order valence-corrected chi connectivity index (χ2v) is 6.96. The van der Waals surface area contributed by atoms with E-state index in [2.05, 4.69) is 28.2 Å². The molecular weight excluding hydrogens is 350 g/mol. The molecule has 0 unspecified atom stereocenters. The Morgan fingerprint density at radius 3 is 2.48 bits per heavy atom. The number of benzene rings is 2. The number of hydrogen-bond donors (Lipinski definition) is 2. The van der Waals surface area contributed by atoms with Crippen LogP contribution in [0.4, 0.5) is 0 Å². The van der Waals surface area contributed by atoms with E-state index in [1.807, 2.05) is 42.5 Å². The van der Waals surface area contributed by atoms with Gasteiger partial charge in [0.1, 0.15) is 11.6 Å². The van der Waals surface area contributed by atoms with Crippen molar-refractivity contribution in [2.45, 2.75) is 0 Å². The second-order valence-electron chi connectivity index (χ2n) is 5.46. The molecule has 0 aliphatic carbocycles. The Morgan fingerprint density at radius 1 is 1.00 bits per heavy atom. The van der Waals surface area contributed by atoms with E-state index in [1.54, 1.807) is 11.3 Å². The number of fused-ring (bicyclic) bond motifs is 1. The van der Waals surface area contributed by atoms with Crippen LogP contribution in [0, 0.1) is 16.1 Å². The van der Waals surface area contributed by atoms with Crippen molar-refractivity contribution in [1.29, 1.82) is 5.26 Å². The third-order valence-corrected chi connectivity index (χ3v) is 5.30. The smallest absolute Gasteiger partial charge is 0.270 e. The fourth-order valence-electron chi connectivity index (χ4n) is 2.83. The monoisotopic (exact) mass is 361 g/mol. The van der Waals surface area contributed by atoms with Crippen LogP contribution in [0.2, 0.25) is 0 Å². The molecule has 0 atom stereocenters. The maximum Gasteiger partial charge on any atom is 0.270 e. The maximum atomic E-state index is 12.1. The normalized spacial score (nSPS) is 10.7. The van der Waals surface area contributed by atoms with Gasteiger partial charge in [0.15, 0.2) is 4.77 Å². The number of hydrogen-bond acceptors (Lipinski definition) is 4. The molecule has 0 aliphatic heterocycles. The van der Waals surface area contributed by atoms with Gasteiger partial charge in [-0.05, 0) is 29.7 Å². The van der Waals surface area contributed by atoms with E-state index in [0.29, 0.717) is 5.69 Å². The Hall–Kier alpha value is -3.01. The first-order valence-corrected chi connectivity index (χ1v) is 8.75. The molecule has 0 spiro atoms. The summed E-state index contributed by atoms with van der Waals surface area (Å²) < 4.78 is 1.39. The van der Waals surface area contributed by atoms with Crippen LogP contribution in [0.1, 0.15) is 5.56 Å². The van der Waals surface area contributed by atoms with Gasteiger partial charge in [0.25, 0.3) is 5.56 Å². The van der Waals surface area contributed by atoms with E-state index >= 15 is 0 Å². The van der Waals surface area contributed by atoms with Gasteiger partial charge >= 0.3 is 0 Å². The van der Waals surface area contributed by atoms with Crippen molar-refractivity contribution in [3.8, 4) is 27.8 Å². The van der Waals surface area contributed by atoms with Crippen LogP contribution in [0.15, 0.2) is 59.4 Å². The molecule has 0 aliphatic rings. The molecule has 0 radical (unpaired) electrons. The van der Waals surface area contributed by atoms with Gasteiger partial charge in [-0.2, -0.15) is 5.26 Å². The number of aromatic nitrogens is 2. The minimum atomic E-state index is -0.479. The van der Waals surface area contributed by atoms with E-state index in [9.17, 15) is 10.1 Å². The lowest BCUT2D eigenvalue weighted by atomic mass is 10.00. The number of nitriles is 1. The van der Waals surface area contributed by atoms with Crippen LogP contribution in [0.25, 0.3) is 31.8 Å². The molecule has 2 heterocycles. The molecule has 25 heavy (non-hydrogen) atoms. The highest BCUT2D eigenvalue weighted by Crippen LogP contribution is 2.38. The Balaban J connectivity index is 2.02. The maximum absolute atomic E-state index is 12.1. The largest absolute Gasteiger partial charge is 0.331 e. The lowest BCUT2D eigenvalue weighted by Crippen LogP contribution is -2.13. The molecule has 4 rings (SSSR count). The zero-order chi connectivity index (χ0) is 17.4. The molecule has 0 saturated heterocycles. The van der Waals surface area contributed by atoms with Crippen LogP contribution >= 0.6 is 23.6 Å². The Morgan fingerprint density at radius 2 is 1.72 bits per heavy atom. The predicted octanol–water partition coefficient (Wildman–Crippen LogP) is 4.85. The van der Waals surface area contributed by atoms with Crippen molar-refractivity contribution in [3.63, 3.8) is 0 Å². The first kappa shape index (κ1) is 15.5. The van der Waals surface area contributed by atoms with Gasteiger partial charge in [-0.3, -0.25) is 9.78 Å². The summed E-state index contributed by atoms with van der Waals surface area (Å²) in [5.74, 6) is 0. The average molecular weight is 361 g/mol. The highest BCUT2D eigenvalue weighted by atomic mass is 32.1. The summed E-state index contributed by atoms with van der Waals surface area (Å²) in [5.41, 5.74) is 1.73. The van der Waals surface area contributed by atoms with Crippen LogP contribution < -0.4 is 5.56 Å². The fourth-order valence-corrected chi connectivity index (χ4v) is 4.12. The predicted molar refractivity (Wildman–Crippen MR) is 103 cm³/mol. The molecular formula is C19H11N3OS2. The van der Waals surface area contributed by atoms with Gasteiger partial charge in [-0.1, -0.05) is 42.5 Å². The van der Waals surface area contributed by atoms with E-state index in [1.165, 1.54) is 4.70 Å². The molecule has 120 valence electrons. The summed E-state index contributed by atoms with van der Waals surface area (Å²) >= 11 is 6.76. The van der Waals surface area contributed by atoms with Crippen molar-refractivity contribution in [3.05, 3.63) is 75.3 Å². The Labute approximate surface area is 152 Å². The van der Waals surface area contributed by atoms with Gasteiger partial charge in [-0.25, -0.2) is 0 Å². The molecule has 6 heteroatoms. The van der Waals surface area contributed by atoms with Gasteiger partial charge in [0.2, 0.25) is 0 Å². The average Bonchev–Trinajstić information content (AvgIpc) is 3.05. The van der Waals surface area contributed by atoms with Gasteiger partial charge in [0, 0.05) is 20.7 Å². The molecule has 0 saturated carbocycles. The lowest BCUT2D eigenvalue weighted by molar-refractivity contribution is 1.08. The highest BCUT2D eigenvalue weighted by Gasteiger charge is 2.15. The summed E-state index contributed by atoms with van der Waals surface area (Å²) in [5, 5.41) is 10.6. The summed E-state index contributed by atoms with van der Waals surface area (Å²) in [4.78, 5) is 18.6. The molecule has 4 aromatic rings. The third-order valence-electron chi connectivity index (χ3n) is 3.94. The number of nitrogens with zero attached hydrogens (tertiary/aromatic N) is 1. The van der Waals surface area contributed by atoms with Crippen molar-refractivity contribution in [2.24, 2.45) is 0 Å². The van der Waals surface area contributed by atoms with Crippen molar-refractivity contribution >= 4 is 33.6 Å². The van der Waals surface area contributed by atoms with Crippen molar-refractivity contribution in [1.82, 2.24) is 9.97 Å². The molecule has 2 aromatic heterocycles. The number of H-pyrrole nitrogens is 2. The van der Waals surface area contributed by atoms with E-state index in [4.69, 9.17) is 12.2 Å². The minimum absolute atomic E-state index is 0.0298. The van der Waals surface area contributed by atoms with E-state index < -0.39 is 5.56 Å². The quantitative estimate of drug-likeness (QED) is 0.501. The molecule has 0 amide bonds. The lowest BCUT2D eigenvalue weighted by Gasteiger charge is -2.09. The van der Waals surface area contributed by atoms with Crippen molar-refractivity contribution < 1.29 is 0 Å². The Bertz CT molecular complexity index is 1220. The topological polar surface area (TPSA) is 72.4 Å². The SMILES string of the molecule is N#Cc1c(-c2ccccc2-c2cc3ccccc3s2)[nH]c(=S)[nH]c1=O. The number of rotatable bonds is 2. The van der Waals surface area contributed by atoms with Gasteiger partial charge in [-0.15, -0.1) is 11.3 Å². The first-order valence-electron chi connectivity index (χ1n) is 7.52. The van der Waals surface area contributed by atoms with Crippen LogP contribution in [0.3, 0.4) is 0 Å². The van der Waals surface area contributed by atoms with E-state index in [0.717, 1.165) is 21.4 Å². The number of aromatic amines is 2. The summed E-state index contributed by atoms with van der Waals surface area (Å²) in [6.07, 6.45) is 0. The highest BCUT2D eigenvalue weighted by molar-refractivity contribution is 7.71.